The van der Waals surface area contributed by atoms with Crippen LogP contribution in [0.2, 0.25) is 0 Å². The summed E-state index contributed by atoms with van der Waals surface area (Å²) >= 11 is 3.19. The summed E-state index contributed by atoms with van der Waals surface area (Å²) in [5, 5.41) is 3.35. The number of benzene rings is 1. The number of hydrogen-bond donors (Lipinski definition) is 2. The molecule has 0 spiro atoms. The molecule has 0 atom stereocenters. The minimum atomic E-state index is -0.303. The first kappa shape index (κ1) is 14.8. The fourth-order valence-electron chi connectivity index (χ4n) is 3.09. The topological polar surface area (TPSA) is 40.7 Å². The molecule has 1 fully saturated rings. The van der Waals surface area contributed by atoms with Gasteiger partial charge in [0, 0.05) is 6.54 Å². The highest BCUT2D eigenvalue weighted by molar-refractivity contribution is 9.10. The van der Waals surface area contributed by atoms with Crippen molar-refractivity contribution in [2.45, 2.75) is 44.9 Å². The second kappa shape index (κ2) is 6.77. The van der Waals surface area contributed by atoms with Gasteiger partial charge in [0.15, 0.2) is 5.82 Å². The molecule has 2 N–H and O–H groups in total. The van der Waals surface area contributed by atoms with Crippen molar-refractivity contribution >= 4 is 32.9 Å². The van der Waals surface area contributed by atoms with Gasteiger partial charge in [0.1, 0.15) is 5.52 Å². The molecule has 3 rings (SSSR count). The van der Waals surface area contributed by atoms with Crippen molar-refractivity contribution in [3.8, 4) is 0 Å². The summed E-state index contributed by atoms with van der Waals surface area (Å²) in [6.07, 6.45) is 9.33. The zero-order valence-electron chi connectivity index (χ0n) is 12.1. The first-order chi connectivity index (χ1) is 10.2. The summed E-state index contributed by atoms with van der Waals surface area (Å²) < 4.78 is 14.4. The maximum absolute atomic E-state index is 13.9. The fraction of sp³-hybridized carbons (Fsp3) is 0.562. The second-order valence-electron chi connectivity index (χ2n) is 5.93. The maximum Gasteiger partial charge on any atom is 0.201 e. The number of anilines is 1. The third-order valence-corrected chi connectivity index (χ3v) is 4.94. The van der Waals surface area contributed by atoms with Gasteiger partial charge in [-0.1, -0.05) is 32.1 Å². The highest BCUT2D eigenvalue weighted by atomic mass is 79.9. The number of nitrogens with one attached hydrogen (secondary N) is 2. The summed E-state index contributed by atoms with van der Waals surface area (Å²) in [6, 6.07) is 3.55. The van der Waals surface area contributed by atoms with E-state index in [0.717, 1.165) is 12.1 Å². The molecule has 2 aromatic rings. The van der Waals surface area contributed by atoms with Crippen LogP contribution < -0.4 is 5.32 Å². The molecular formula is C16H21BrFN3. The summed E-state index contributed by atoms with van der Waals surface area (Å²) in [5.74, 6) is 1.07. The number of H-pyrrole nitrogens is 1. The van der Waals surface area contributed by atoms with Crippen molar-refractivity contribution in [3.05, 3.63) is 22.4 Å². The monoisotopic (exact) mass is 353 g/mol. The van der Waals surface area contributed by atoms with Crippen LogP contribution in [0.25, 0.3) is 11.0 Å². The van der Waals surface area contributed by atoms with Crippen LogP contribution in [-0.2, 0) is 0 Å². The van der Waals surface area contributed by atoms with Crippen LogP contribution in [-0.4, -0.2) is 16.5 Å². The van der Waals surface area contributed by atoms with Crippen molar-refractivity contribution in [1.82, 2.24) is 9.97 Å². The lowest BCUT2D eigenvalue weighted by molar-refractivity contribution is 0.392. The molecule has 0 unspecified atom stereocenters. The average molecular weight is 354 g/mol. The summed E-state index contributed by atoms with van der Waals surface area (Å²) in [5.41, 5.74) is 1.13. The van der Waals surface area contributed by atoms with Gasteiger partial charge in [-0.3, -0.25) is 0 Å². The van der Waals surface area contributed by atoms with Gasteiger partial charge >= 0.3 is 0 Å². The van der Waals surface area contributed by atoms with Gasteiger partial charge in [-0.2, -0.15) is 0 Å². The van der Waals surface area contributed by atoms with E-state index in [1.807, 2.05) is 6.07 Å². The van der Waals surface area contributed by atoms with E-state index in [4.69, 9.17) is 0 Å². The minimum Gasteiger partial charge on any atom is -0.356 e. The number of aromatic nitrogens is 2. The van der Waals surface area contributed by atoms with Crippen LogP contribution in [0.3, 0.4) is 0 Å². The quantitative estimate of drug-likeness (QED) is 0.792. The Balaban J connectivity index is 1.66. The van der Waals surface area contributed by atoms with Gasteiger partial charge in [-0.25, -0.2) is 9.37 Å². The Hall–Kier alpha value is -1.10. The lowest BCUT2D eigenvalue weighted by atomic mass is 9.91. The molecule has 1 aromatic heterocycles. The predicted octanol–water partition coefficient (Wildman–Crippen LogP) is 5.24. The Kier molecular flexibility index (Phi) is 4.78. The van der Waals surface area contributed by atoms with Crippen LogP contribution >= 0.6 is 15.9 Å². The summed E-state index contributed by atoms with van der Waals surface area (Å²) in [7, 11) is 0. The van der Waals surface area contributed by atoms with Gasteiger partial charge in [0.25, 0.3) is 0 Å². The summed E-state index contributed by atoms with van der Waals surface area (Å²) in [6.45, 7) is 0.919. The van der Waals surface area contributed by atoms with Gasteiger partial charge in [-0.05, 0) is 46.8 Å². The largest absolute Gasteiger partial charge is 0.356 e. The van der Waals surface area contributed by atoms with Crippen molar-refractivity contribution in [3.63, 3.8) is 0 Å². The smallest absolute Gasteiger partial charge is 0.201 e. The van der Waals surface area contributed by atoms with E-state index in [9.17, 15) is 4.39 Å². The Morgan fingerprint density at radius 3 is 2.67 bits per heavy atom. The van der Waals surface area contributed by atoms with Crippen LogP contribution in [0.15, 0.2) is 16.6 Å². The molecular weight excluding hydrogens is 333 g/mol. The number of fused-ring (bicyclic) bond motifs is 1. The third kappa shape index (κ3) is 3.57. The van der Waals surface area contributed by atoms with E-state index < -0.39 is 0 Å². The van der Waals surface area contributed by atoms with Crippen molar-refractivity contribution < 1.29 is 4.39 Å². The third-order valence-electron chi connectivity index (χ3n) is 4.33. The van der Waals surface area contributed by atoms with Gasteiger partial charge < -0.3 is 10.3 Å². The number of rotatable bonds is 3. The molecule has 0 aliphatic heterocycles. The normalized spacial score (nSPS) is 17.6. The van der Waals surface area contributed by atoms with E-state index in [1.165, 1.54) is 44.9 Å². The Morgan fingerprint density at radius 2 is 1.90 bits per heavy atom. The van der Waals surface area contributed by atoms with Crippen molar-refractivity contribution in [1.29, 1.82) is 0 Å². The first-order valence-corrected chi connectivity index (χ1v) is 8.61. The average Bonchev–Trinajstić information content (AvgIpc) is 2.86. The van der Waals surface area contributed by atoms with Crippen LogP contribution in [0.4, 0.5) is 10.3 Å². The molecule has 0 saturated heterocycles. The van der Waals surface area contributed by atoms with E-state index in [0.29, 0.717) is 21.9 Å². The molecule has 21 heavy (non-hydrogen) atoms. The van der Waals surface area contributed by atoms with E-state index in [2.05, 4.69) is 31.2 Å². The zero-order chi connectivity index (χ0) is 14.7. The Labute approximate surface area is 132 Å². The van der Waals surface area contributed by atoms with Crippen LogP contribution in [0.5, 0.6) is 0 Å². The highest BCUT2D eigenvalue weighted by Gasteiger charge is 2.13. The van der Waals surface area contributed by atoms with Crippen molar-refractivity contribution in [2.24, 2.45) is 5.92 Å². The lowest BCUT2D eigenvalue weighted by Crippen LogP contribution is -2.16. The molecule has 1 saturated carbocycles. The SMILES string of the molecule is Fc1c(Br)ccc2[nH]c(NCC3CCCCCCC3)nc12. The minimum absolute atomic E-state index is 0.303. The lowest BCUT2D eigenvalue weighted by Gasteiger charge is -2.19. The van der Waals surface area contributed by atoms with Gasteiger partial charge in [0.2, 0.25) is 5.95 Å². The van der Waals surface area contributed by atoms with Crippen molar-refractivity contribution in [2.75, 3.05) is 11.9 Å². The molecule has 0 radical (unpaired) electrons. The molecule has 3 nitrogen and oxygen atoms in total. The van der Waals surface area contributed by atoms with E-state index in [1.54, 1.807) is 6.07 Å². The van der Waals surface area contributed by atoms with Crippen LogP contribution in [0, 0.1) is 11.7 Å². The molecule has 1 aromatic carbocycles. The van der Waals surface area contributed by atoms with Crippen LogP contribution in [0.1, 0.15) is 44.9 Å². The fourth-order valence-corrected chi connectivity index (χ4v) is 3.41. The second-order valence-corrected chi connectivity index (χ2v) is 6.79. The predicted molar refractivity (Wildman–Crippen MR) is 88.1 cm³/mol. The summed E-state index contributed by atoms with van der Waals surface area (Å²) in [4.78, 5) is 7.48. The molecule has 1 heterocycles. The number of hydrogen-bond acceptors (Lipinski definition) is 2. The maximum atomic E-state index is 13.9. The number of halogens is 2. The number of nitrogens with zero attached hydrogens (tertiary/aromatic N) is 1. The van der Waals surface area contributed by atoms with Gasteiger partial charge in [0.05, 0.1) is 9.99 Å². The van der Waals surface area contributed by atoms with E-state index in [-0.39, 0.29) is 5.82 Å². The molecule has 1 aliphatic rings. The zero-order valence-corrected chi connectivity index (χ0v) is 13.7. The van der Waals surface area contributed by atoms with Gasteiger partial charge in [-0.15, -0.1) is 0 Å². The first-order valence-electron chi connectivity index (χ1n) is 7.81. The highest BCUT2D eigenvalue weighted by Crippen LogP contribution is 2.25. The number of aromatic amines is 1. The standard InChI is InChI=1S/C16H21BrFN3/c17-12-8-9-13-15(14(12)18)21-16(20-13)19-10-11-6-4-2-1-3-5-7-11/h8-9,11H,1-7,10H2,(H2,19,20,21). The molecule has 0 amide bonds. The molecule has 5 heteroatoms. The van der Waals surface area contributed by atoms with E-state index >= 15 is 0 Å². The Morgan fingerprint density at radius 1 is 1.19 bits per heavy atom. The number of imidazole rings is 1. The molecule has 0 bridgehead atoms. The molecule has 1 aliphatic carbocycles. The Bertz CT molecular complexity index is 603. The molecule has 114 valence electrons.